The molecule has 0 spiro atoms. The summed E-state index contributed by atoms with van der Waals surface area (Å²) in [5.41, 5.74) is 0.495. The molecule has 1 N–H and O–H groups in total. The molecule has 0 saturated carbocycles. The fourth-order valence-corrected chi connectivity index (χ4v) is 1.30. The van der Waals surface area contributed by atoms with Gasteiger partial charge < -0.3 is 4.98 Å². The van der Waals surface area contributed by atoms with Gasteiger partial charge >= 0.3 is 0 Å². The topological polar surface area (TPSA) is 45.8 Å². The zero-order chi connectivity index (χ0) is 10.1. The third kappa shape index (κ3) is 2.40. The van der Waals surface area contributed by atoms with Crippen molar-refractivity contribution in [1.82, 2.24) is 9.97 Å². The lowest BCUT2D eigenvalue weighted by molar-refractivity contribution is 0.541. The van der Waals surface area contributed by atoms with Crippen LogP contribution in [-0.4, -0.2) is 9.97 Å². The zero-order valence-corrected chi connectivity index (χ0v) is 9.60. The lowest BCUT2D eigenvalue weighted by atomic mass is 9.96. The molecule has 0 atom stereocenters. The summed E-state index contributed by atoms with van der Waals surface area (Å²) in [4.78, 5) is 18.4. The van der Waals surface area contributed by atoms with Crippen LogP contribution in [0.15, 0.2) is 11.0 Å². The third-order valence-electron chi connectivity index (χ3n) is 1.73. The number of nitrogens with zero attached hydrogens (tertiary/aromatic N) is 1. The maximum Gasteiger partial charge on any atom is 0.254 e. The van der Waals surface area contributed by atoms with Crippen molar-refractivity contribution in [3.63, 3.8) is 0 Å². The normalized spacial score (nSPS) is 11.7. The summed E-state index contributed by atoms with van der Waals surface area (Å²) in [5.74, 6) is 0.724. The molecule has 1 aromatic rings. The summed E-state index contributed by atoms with van der Waals surface area (Å²) in [6, 6.07) is 0. The second-order valence-corrected chi connectivity index (χ2v) is 4.53. The van der Waals surface area contributed by atoms with Gasteiger partial charge in [0.15, 0.2) is 0 Å². The highest BCUT2D eigenvalue weighted by molar-refractivity contribution is 9.08. The van der Waals surface area contributed by atoms with Crippen molar-refractivity contribution in [1.29, 1.82) is 0 Å². The van der Waals surface area contributed by atoms with Crippen molar-refractivity contribution < 1.29 is 0 Å². The monoisotopic (exact) mass is 244 g/mol. The van der Waals surface area contributed by atoms with Gasteiger partial charge in [-0.25, -0.2) is 4.98 Å². The molecule has 0 aliphatic heterocycles. The number of aromatic nitrogens is 2. The minimum Gasteiger partial charge on any atom is -0.310 e. The SMILES string of the molecule is CC(C)(C)c1ncc(CBr)c(=O)[nH]1. The maximum absolute atomic E-state index is 11.4. The predicted molar refractivity (Wildman–Crippen MR) is 56.2 cm³/mol. The van der Waals surface area contributed by atoms with E-state index in [1.54, 1.807) is 6.20 Å². The number of H-pyrrole nitrogens is 1. The molecule has 4 heteroatoms. The minimum atomic E-state index is -0.107. The van der Waals surface area contributed by atoms with Gasteiger partial charge in [-0.2, -0.15) is 0 Å². The van der Waals surface area contributed by atoms with Gasteiger partial charge in [0.1, 0.15) is 5.82 Å². The van der Waals surface area contributed by atoms with E-state index in [0.29, 0.717) is 10.9 Å². The molecule has 0 aliphatic rings. The standard InChI is InChI=1S/C9H13BrN2O/c1-9(2,3)8-11-5-6(4-10)7(13)12-8/h5H,4H2,1-3H3,(H,11,12,13). The highest BCUT2D eigenvalue weighted by Crippen LogP contribution is 2.16. The van der Waals surface area contributed by atoms with E-state index in [2.05, 4.69) is 25.9 Å². The van der Waals surface area contributed by atoms with E-state index in [0.717, 1.165) is 5.82 Å². The molecule has 72 valence electrons. The Labute approximate surface area is 85.7 Å². The lowest BCUT2D eigenvalue weighted by Gasteiger charge is -2.16. The molecule has 3 nitrogen and oxygen atoms in total. The Morgan fingerprint density at radius 3 is 2.54 bits per heavy atom. The molecule has 13 heavy (non-hydrogen) atoms. The van der Waals surface area contributed by atoms with E-state index in [1.807, 2.05) is 20.8 Å². The second kappa shape index (κ2) is 3.62. The van der Waals surface area contributed by atoms with Crippen molar-refractivity contribution in [3.8, 4) is 0 Å². The van der Waals surface area contributed by atoms with E-state index >= 15 is 0 Å². The van der Waals surface area contributed by atoms with Crippen molar-refractivity contribution in [3.05, 3.63) is 27.9 Å². The van der Waals surface area contributed by atoms with Crippen LogP contribution in [0.3, 0.4) is 0 Å². The molecule has 0 aromatic carbocycles. The average molecular weight is 245 g/mol. The molecule has 0 radical (unpaired) electrons. The van der Waals surface area contributed by atoms with E-state index in [1.165, 1.54) is 0 Å². The van der Waals surface area contributed by atoms with Crippen LogP contribution in [0.1, 0.15) is 32.2 Å². The van der Waals surface area contributed by atoms with E-state index in [9.17, 15) is 4.79 Å². The first-order chi connectivity index (χ1) is 5.95. The molecule has 1 rings (SSSR count). The smallest absolute Gasteiger partial charge is 0.254 e. The fraction of sp³-hybridized carbons (Fsp3) is 0.556. The first kappa shape index (κ1) is 10.4. The summed E-state index contributed by atoms with van der Waals surface area (Å²) >= 11 is 3.22. The van der Waals surface area contributed by atoms with Crippen LogP contribution in [-0.2, 0) is 10.7 Å². The Bertz CT molecular complexity index is 351. The van der Waals surface area contributed by atoms with Crippen molar-refractivity contribution in [2.75, 3.05) is 0 Å². The first-order valence-corrected chi connectivity index (χ1v) is 5.22. The lowest BCUT2D eigenvalue weighted by Crippen LogP contribution is -2.23. The number of aromatic amines is 1. The van der Waals surface area contributed by atoms with Gasteiger partial charge in [-0.15, -0.1) is 0 Å². The van der Waals surface area contributed by atoms with Crippen LogP contribution in [0.25, 0.3) is 0 Å². The van der Waals surface area contributed by atoms with Gasteiger partial charge in [0.25, 0.3) is 5.56 Å². The molecular formula is C9H13BrN2O. The van der Waals surface area contributed by atoms with Crippen LogP contribution in [0.5, 0.6) is 0 Å². The Kier molecular flexibility index (Phi) is 2.91. The van der Waals surface area contributed by atoms with Crippen LogP contribution in [0.4, 0.5) is 0 Å². The van der Waals surface area contributed by atoms with E-state index in [4.69, 9.17) is 0 Å². The summed E-state index contributed by atoms with van der Waals surface area (Å²) in [5, 5.41) is 0.541. The predicted octanol–water partition coefficient (Wildman–Crippen LogP) is 1.96. The highest BCUT2D eigenvalue weighted by Gasteiger charge is 2.16. The molecular weight excluding hydrogens is 232 g/mol. The summed E-state index contributed by atoms with van der Waals surface area (Å²) in [6.45, 7) is 6.04. The minimum absolute atomic E-state index is 0.0585. The van der Waals surface area contributed by atoms with Gasteiger partial charge in [-0.05, 0) is 0 Å². The number of alkyl halides is 1. The Hall–Kier alpha value is -0.640. The van der Waals surface area contributed by atoms with Crippen molar-refractivity contribution >= 4 is 15.9 Å². The van der Waals surface area contributed by atoms with Crippen LogP contribution >= 0.6 is 15.9 Å². The molecule has 1 aromatic heterocycles. The van der Waals surface area contributed by atoms with Crippen molar-refractivity contribution in [2.45, 2.75) is 31.5 Å². The second-order valence-electron chi connectivity index (χ2n) is 3.97. The highest BCUT2D eigenvalue weighted by atomic mass is 79.9. The van der Waals surface area contributed by atoms with Gasteiger partial charge in [0.2, 0.25) is 0 Å². The number of nitrogens with one attached hydrogen (secondary N) is 1. The number of rotatable bonds is 1. The van der Waals surface area contributed by atoms with Crippen LogP contribution < -0.4 is 5.56 Å². The first-order valence-electron chi connectivity index (χ1n) is 4.10. The molecule has 0 saturated heterocycles. The van der Waals surface area contributed by atoms with Gasteiger partial charge in [0, 0.05) is 22.5 Å². The Morgan fingerprint density at radius 2 is 2.15 bits per heavy atom. The summed E-state index contributed by atoms with van der Waals surface area (Å²) < 4.78 is 0. The molecule has 1 heterocycles. The molecule has 0 amide bonds. The zero-order valence-electron chi connectivity index (χ0n) is 8.02. The summed E-state index contributed by atoms with van der Waals surface area (Å²) in [6.07, 6.45) is 1.62. The quantitative estimate of drug-likeness (QED) is 0.769. The largest absolute Gasteiger partial charge is 0.310 e. The average Bonchev–Trinajstić information content (AvgIpc) is 2.02. The molecule has 0 aliphatic carbocycles. The molecule has 0 bridgehead atoms. The number of halogens is 1. The summed E-state index contributed by atoms with van der Waals surface area (Å²) in [7, 11) is 0. The Balaban J connectivity index is 3.18. The van der Waals surface area contributed by atoms with Crippen LogP contribution in [0, 0.1) is 0 Å². The van der Waals surface area contributed by atoms with E-state index in [-0.39, 0.29) is 11.0 Å². The van der Waals surface area contributed by atoms with Gasteiger partial charge in [-0.1, -0.05) is 36.7 Å². The number of hydrogen-bond acceptors (Lipinski definition) is 2. The van der Waals surface area contributed by atoms with E-state index < -0.39 is 0 Å². The van der Waals surface area contributed by atoms with Crippen molar-refractivity contribution in [2.24, 2.45) is 0 Å². The third-order valence-corrected chi connectivity index (χ3v) is 2.33. The fourth-order valence-electron chi connectivity index (χ4n) is 0.898. The van der Waals surface area contributed by atoms with Crippen LogP contribution in [0.2, 0.25) is 0 Å². The van der Waals surface area contributed by atoms with Gasteiger partial charge in [-0.3, -0.25) is 4.79 Å². The number of hydrogen-bond donors (Lipinski definition) is 1. The maximum atomic E-state index is 11.4. The molecule has 0 fully saturated rings. The Morgan fingerprint density at radius 1 is 1.54 bits per heavy atom. The van der Waals surface area contributed by atoms with Gasteiger partial charge in [0.05, 0.1) is 0 Å². The molecule has 0 unspecified atom stereocenters.